The zero-order valence-corrected chi connectivity index (χ0v) is 38.8. The molecule has 1 aromatic carbocycles. The highest BCUT2D eigenvalue weighted by Crippen LogP contribution is 2.30. The van der Waals surface area contributed by atoms with Crippen molar-refractivity contribution < 1.29 is 38.5 Å². The lowest BCUT2D eigenvalue weighted by molar-refractivity contribution is -0.148. The van der Waals surface area contributed by atoms with Crippen molar-refractivity contribution in [3.05, 3.63) is 52.5 Å². The molecule has 2 aromatic rings. The molecule has 0 saturated carbocycles. The van der Waals surface area contributed by atoms with Crippen molar-refractivity contribution in [3.63, 3.8) is 0 Å². The Morgan fingerprint density at radius 3 is 2.23 bits per heavy atom. The van der Waals surface area contributed by atoms with Crippen LogP contribution in [0, 0.1) is 23.7 Å². The summed E-state index contributed by atoms with van der Waals surface area (Å²) >= 11 is 1.50. The second-order valence-corrected chi connectivity index (χ2v) is 17.9. The van der Waals surface area contributed by atoms with Gasteiger partial charge in [-0.2, -0.15) is 0 Å². The maximum atomic E-state index is 14.5. The van der Waals surface area contributed by atoms with E-state index < -0.39 is 36.3 Å². The largest absolute Gasteiger partial charge is 0.394 e. The van der Waals surface area contributed by atoms with Crippen LogP contribution in [0.2, 0.25) is 0 Å². The molecule has 3 unspecified atom stereocenters. The fourth-order valence-electron chi connectivity index (χ4n) is 8.56. The number of carbonyl (C=O) groups excluding carboxylic acids is 4. The van der Waals surface area contributed by atoms with Crippen molar-refractivity contribution in [2.75, 3.05) is 61.2 Å². The van der Waals surface area contributed by atoms with Crippen LogP contribution in [0.15, 0.2) is 41.9 Å². The van der Waals surface area contributed by atoms with E-state index in [4.69, 9.17) is 19.3 Å². The minimum Gasteiger partial charge on any atom is -0.394 e. The third-order valence-corrected chi connectivity index (χ3v) is 12.9. The third kappa shape index (κ3) is 14.0. The summed E-state index contributed by atoms with van der Waals surface area (Å²) in [7, 11) is 6.75. The smallest absolute Gasteiger partial charge is 0.245 e. The molecule has 9 atom stereocenters. The number of aliphatic hydroxyl groups excluding tert-OH is 1. The quantitative estimate of drug-likeness (QED) is 0.114. The van der Waals surface area contributed by atoms with Crippen LogP contribution >= 0.6 is 11.3 Å². The van der Waals surface area contributed by atoms with E-state index >= 15 is 0 Å². The number of likely N-dealkylation sites (N-methyl/N-ethyl adjacent to an activating group) is 2. The van der Waals surface area contributed by atoms with Gasteiger partial charge in [0.2, 0.25) is 23.6 Å². The van der Waals surface area contributed by atoms with E-state index in [9.17, 15) is 19.2 Å². The number of hydrogen-bond donors (Lipinski definition) is 3. The lowest BCUT2D eigenvalue weighted by Crippen LogP contribution is -2.60. The molecule has 15 heteroatoms. The number of nitrogens with one attached hydrogen (secondary N) is 2. The van der Waals surface area contributed by atoms with Crippen LogP contribution in [0.1, 0.15) is 90.8 Å². The van der Waals surface area contributed by atoms with Crippen LogP contribution in [-0.4, -0.2) is 146 Å². The van der Waals surface area contributed by atoms with Crippen LogP contribution in [0.3, 0.4) is 0 Å². The van der Waals surface area contributed by atoms with Gasteiger partial charge in [-0.3, -0.25) is 24.1 Å². The Morgan fingerprint density at radius 1 is 0.967 bits per heavy atom. The molecule has 1 aliphatic heterocycles. The first-order valence-electron chi connectivity index (χ1n) is 21.7. The van der Waals surface area contributed by atoms with Gasteiger partial charge in [0.25, 0.3) is 0 Å². The van der Waals surface area contributed by atoms with E-state index in [0.29, 0.717) is 32.5 Å². The Morgan fingerprint density at radius 2 is 1.67 bits per heavy atom. The molecule has 3 N–H and O–H groups in total. The summed E-state index contributed by atoms with van der Waals surface area (Å²) in [4.78, 5) is 66.6. The number of rotatable bonds is 26. The molecular formula is C45H74N6O8S. The molecule has 1 aromatic heterocycles. The lowest BCUT2D eigenvalue weighted by Gasteiger charge is -2.41. The van der Waals surface area contributed by atoms with Gasteiger partial charge in [0.1, 0.15) is 11.0 Å². The molecule has 1 aliphatic rings. The Hall–Kier alpha value is -3.47. The average molecular weight is 859 g/mol. The number of aliphatic hydroxyl groups is 1. The zero-order chi connectivity index (χ0) is 44.5. The van der Waals surface area contributed by atoms with Gasteiger partial charge in [-0.15, -0.1) is 11.3 Å². The number of carbonyl (C=O) groups is 4. The first kappa shape index (κ1) is 50.9. The second-order valence-electron chi connectivity index (χ2n) is 16.9. The molecule has 0 spiro atoms. The minimum atomic E-state index is -0.816. The highest BCUT2D eigenvalue weighted by atomic mass is 32.1. The predicted octanol–water partition coefficient (Wildman–Crippen LogP) is 4.57. The highest BCUT2D eigenvalue weighted by molar-refractivity contribution is 7.09. The van der Waals surface area contributed by atoms with Crippen LogP contribution in [0.5, 0.6) is 0 Å². The van der Waals surface area contributed by atoms with Gasteiger partial charge >= 0.3 is 0 Å². The Labute approximate surface area is 363 Å². The van der Waals surface area contributed by atoms with Crippen molar-refractivity contribution in [2.45, 2.75) is 123 Å². The van der Waals surface area contributed by atoms with E-state index in [1.54, 1.807) is 32.4 Å². The Balaban J connectivity index is 1.77. The van der Waals surface area contributed by atoms with Crippen molar-refractivity contribution in [1.29, 1.82) is 0 Å². The number of thiazole rings is 1. The predicted molar refractivity (Wildman–Crippen MR) is 235 cm³/mol. The first-order valence-corrected chi connectivity index (χ1v) is 22.5. The molecule has 14 nitrogen and oxygen atoms in total. The molecule has 1 fully saturated rings. The highest BCUT2D eigenvalue weighted by Gasteiger charge is 2.43. The summed E-state index contributed by atoms with van der Waals surface area (Å²) in [6.07, 6.45) is 3.34. The maximum Gasteiger partial charge on any atom is 0.245 e. The van der Waals surface area contributed by atoms with Gasteiger partial charge < -0.3 is 39.8 Å². The Bertz CT molecular complexity index is 1580. The standard InChI is InChI=1S/C45H74N6O8S/c1-12-31(6)40(50(9)45(56)38(29(2)3)48-43(55)39(30(4)5)49(8)22-24-59-25-23-52)36(57-10)28-37(53)51-21-16-19-35(51)41(58-11)32(7)42(54)47-34(44-46-20-26-60-44)27-33-17-14-13-15-18-33/h13-15,17-18,20,26,29-32,34-36,38-41,52H,12,16,19,21-25,27-28H2,1-11H3,(H,47,54)(H,48,55)/t31-,32+,34-,35?,36+,38?,39?,40-,41+/m0/s1. The van der Waals surface area contributed by atoms with Gasteiger partial charge in [-0.05, 0) is 49.6 Å². The number of hydrogen-bond acceptors (Lipinski definition) is 11. The van der Waals surface area contributed by atoms with E-state index in [-0.39, 0.29) is 73.1 Å². The van der Waals surface area contributed by atoms with E-state index in [1.807, 2.05) is 101 Å². The molecule has 338 valence electrons. The van der Waals surface area contributed by atoms with Crippen molar-refractivity contribution in [2.24, 2.45) is 23.7 Å². The van der Waals surface area contributed by atoms with Gasteiger partial charge in [-0.25, -0.2) is 4.98 Å². The SMILES string of the molecule is CC[C@H](C)[C@@H]([C@@H](CC(=O)N1CCCC1[C@H](OC)[C@@H](C)C(=O)N[C@@H](Cc1ccccc1)c1nccs1)OC)N(C)C(=O)C(NC(=O)C(C(C)C)N(C)CCOCCO)C(C)C. The fourth-order valence-corrected chi connectivity index (χ4v) is 9.25. The number of likely N-dealkylation sites (tertiary alicyclic amines) is 1. The fraction of sp³-hybridized carbons (Fsp3) is 0.711. The van der Waals surface area contributed by atoms with Crippen LogP contribution in [0.4, 0.5) is 0 Å². The molecule has 0 aliphatic carbocycles. The van der Waals surface area contributed by atoms with Gasteiger partial charge in [0.05, 0.1) is 68.5 Å². The van der Waals surface area contributed by atoms with E-state index in [2.05, 4.69) is 15.6 Å². The Kier molecular flexibility index (Phi) is 21.6. The van der Waals surface area contributed by atoms with E-state index in [1.165, 1.54) is 11.3 Å². The van der Waals surface area contributed by atoms with Crippen molar-refractivity contribution in [3.8, 4) is 0 Å². The van der Waals surface area contributed by atoms with Crippen molar-refractivity contribution >= 4 is 35.0 Å². The topological polar surface area (TPSA) is 163 Å². The normalized spacial score (nSPS) is 18.4. The molecule has 2 heterocycles. The van der Waals surface area contributed by atoms with Gasteiger partial charge in [0.15, 0.2) is 0 Å². The summed E-state index contributed by atoms with van der Waals surface area (Å²) in [6, 6.07) is 7.55. The number of methoxy groups -OCH3 is 2. The average Bonchev–Trinajstić information content (AvgIpc) is 3.95. The minimum absolute atomic E-state index is 0.0249. The number of nitrogens with zero attached hydrogens (tertiary/aromatic N) is 4. The molecule has 3 rings (SSSR count). The molecule has 60 heavy (non-hydrogen) atoms. The summed E-state index contributed by atoms with van der Waals surface area (Å²) in [5, 5.41) is 18.1. The summed E-state index contributed by atoms with van der Waals surface area (Å²) in [5.74, 6) is -1.68. The number of ether oxygens (including phenoxy) is 3. The second kappa shape index (κ2) is 25.5. The first-order chi connectivity index (χ1) is 28.6. The molecular weight excluding hydrogens is 785 g/mol. The van der Waals surface area contributed by atoms with Gasteiger partial charge in [0, 0.05) is 45.9 Å². The number of aromatic nitrogens is 1. The molecule has 0 radical (unpaired) electrons. The third-order valence-electron chi connectivity index (χ3n) is 12.0. The van der Waals surface area contributed by atoms with Gasteiger partial charge in [-0.1, -0.05) is 85.2 Å². The van der Waals surface area contributed by atoms with E-state index in [0.717, 1.165) is 23.4 Å². The van der Waals surface area contributed by atoms with Crippen LogP contribution in [-0.2, 0) is 39.8 Å². The lowest BCUT2D eigenvalue weighted by atomic mass is 9.89. The van der Waals surface area contributed by atoms with Crippen LogP contribution < -0.4 is 10.6 Å². The monoisotopic (exact) mass is 859 g/mol. The van der Waals surface area contributed by atoms with Crippen LogP contribution in [0.25, 0.3) is 0 Å². The van der Waals surface area contributed by atoms with Crippen molar-refractivity contribution in [1.82, 2.24) is 30.3 Å². The maximum absolute atomic E-state index is 14.5. The molecule has 0 bridgehead atoms. The number of benzene rings is 1. The summed E-state index contributed by atoms with van der Waals surface area (Å²) in [6.45, 7) is 15.2. The summed E-state index contributed by atoms with van der Waals surface area (Å²) < 4.78 is 17.6. The zero-order valence-electron chi connectivity index (χ0n) is 38.0. The number of amides is 4. The summed E-state index contributed by atoms with van der Waals surface area (Å²) in [5.41, 5.74) is 1.09. The molecule has 1 saturated heterocycles. The molecule has 4 amide bonds.